The number of hydrogen-bond donors (Lipinski definition) is 3. The fourth-order valence-electron chi connectivity index (χ4n) is 5.71. The third-order valence-electron chi connectivity index (χ3n) is 8.27. The van der Waals surface area contributed by atoms with Crippen LogP contribution in [0.4, 0.5) is 5.82 Å². The zero-order valence-corrected chi connectivity index (χ0v) is 28.7. The third kappa shape index (κ3) is 8.69. The summed E-state index contributed by atoms with van der Waals surface area (Å²) in [7, 11) is 0. The first-order chi connectivity index (χ1) is 24.2. The quantitative estimate of drug-likeness (QED) is 0.0855. The Balaban J connectivity index is 1.06. The van der Waals surface area contributed by atoms with Crippen LogP contribution >= 0.6 is 18.2 Å². The summed E-state index contributed by atoms with van der Waals surface area (Å²) in [5.74, 6) is 0.279. The average Bonchev–Trinajstić information content (AvgIpc) is 3.86. The molecule has 0 saturated carbocycles. The normalized spacial score (nSPS) is 23.3. The molecule has 0 aliphatic carbocycles. The van der Waals surface area contributed by atoms with Crippen molar-refractivity contribution in [3.05, 3.63) is 81.7 Å². The van der Waals surface area contributed by atoms with E-state index >= 15 is 0 Å². The Kier molecular flexibility index (Phi) is 11.8. The molecule has 1 aromatic carbocycles. The molecule has 17 nitrogen and oxygen atoms in total. The highest BCUT2D eigenvalue weighted by Crippen LogP contribution is 2.63. The summed E-state index contributed by atoms with van der Waals surface area (Å²) in [6.45, 7) is -4.15. The second-order valence-corrected chi connectivity index (χ2v) is 15.9. The lowest BCUT2D eigenvalue weighted by Gasteiger charge is -2.24. The van der Waals surface area contributed by atoms with Crippen molar-refractivity contribution in [2.24, 2.45) is 0 Å². The predicted molar refractivity (Wildman–Crippen MR) is 181 cm³/mol. The molecule has 6 rings (SSSR count). The molecule has 0 amide bonds. The van der Waals surface area contributed by atoms with E-state index in [1.165, 1.54) is 23.2 Å². The molecule has 19 heteroatoms. The van der Waals surface area contributed by atoms with Crippen molar-refractivity contribution >= 4 is 41.1 Å². The fraction of sp³-hybridized carbons (Fsp3) is 0.484. The van der Waals surface area contributed by atoms with Gasteiger partial charge in [0.1, 0.15) is 36.5 Å². The van der Waals surface area contributed by atoms with Crippen LogP contribution in [0.5, 0.6) is 0 Å². The van der Waals surface area contributed by atoms with E-state index in [0.717, 1.165) is 11.4 Å². The first-order valence-corrected chi connectivity index (χ1v) is 19.3. The summed E-state index contributed by atoms with van der Waals surface area (Å²) >= 11 is 1.02. The van der Waals surface area contributed by atoms with Crippen molar-refractivity contribution in [3.8, 4) is 0 Å². The largest absolute Gasteiger partial charge is 0.462 e. The van der Waals surface area contributed by atoms with Crippen LogP contribution in [0, 0.1) is 0 Å². The van der Waals surface area contributed by atoms with Crippen molar-refractivity contribution in [1.82, 2.24) is 29.1 Å². The Morgan fingerprint density at radius 1 is 1.06 bits per heavy atom. The highest BCUT2D eigenvalue weighted by molar-refractivity contribution is 8.55. The Bertz CT molecular complexity index is 1920. The van der Waals surface area contributed by atoms with Crippen LogP contribution in [0.3, 0.4) is 0 Å². The molecular formula is C31H38N7O10PS. The molecule has 2 saturated heterocycles. The van der Waals surface area contributed by atoms with Crippen LogP contribution in [-0.2, 0) is 27.8 Å². The van der Waals surface area contributed by atoms with E-state index in [1.807, 2.05) is 6.07 Å². The van der Waals surface area contributed by atoms with Crippen LogP contribution in [0.25, 0.3) is 11.2 Å². The van der Waals surface area contributed by atoms with Crippen LogP contribution in [0.1, 0.15) is 61.3 Å². The van der Waals surface area contributed by atoms with Gasteiger partial charge in [-0.15, -0.1) is 0 Å². The van der Waals surface area contributed by atoms with E-state index in [2.05, 4.69) is 19.9 Å². The summed E-state index contributed by atoms with van der Waals surface area (Å²) in [5.41, 5.74) is 6.18. The molecule has 50 heavy (non-hydrogen) atoms. The number of nitrogen functional groups attached to an aromatic ring is 1. The maximum atomic E-state index is 14.3. The first-order valence-electron chi connectivity index (χ1n) is 16.2. The molecule has 268 valence electrons. The molecule has 5 heterocycles. The van der Waals surface area contributed by atoms with E-state index in [4.69, 9.17) is 29.0 Å². The number of esters is 1. The smallest absolute Gasteiger partial charge is 0.389 e. The number of H-pyrrole nitrogens is 1. The average molecular weight is 732 g/mol. The molecule has 0 bridgehead atoms. The number of aromatic amines is 1. The topological polar surface area (TPSA) is 225 Å². The van der Waals surface area contributed by atoms with Crippen LogP contribution < -0.4 is 17.0 Å². The van der Waals surface area contributed by atoms with Gasteiger partial charge in [0.25, 0.3) is 5.56 Å². The number of anilines is 1. The Labute approximate surface area is 289 Å². The molecule has 2 aliphatic rings. The van der Waals surface area contributed by atoms with E-state index < -0.39 is 55.4 Å². The number of aliphatic hydroxyl groups is 1. The highest BCUT2D eigenvalue weighted by Gasteiger charge is 2.43. The number of ether oxygens (including phenoxy) is 3. The number of fused-ring (bicyclic) bond motifs is 1. The molecule has 2 unspecified atom stereocenters. The summed E-state index contributed by atoms with van der Waals surface area (Å²) in [6.07, 6.45) is 3.97. The predicted octanol–water partition coefficient (Wildman–Crippen LogP) is 3.19. The monoisotopic (exact) mass is 731 g/mol. The van der Waals surface area contributed by atoms with Gasteiger partial charge in [0.15, 0.2) is 11.5 Å². The molecule has 3 aromatic heterocycles. The van der Waals surface area contributed by atoms with Gasteiger partial charge in [-0.05, 0) is 55.6 Å². The molecule has 6 atom stereocenters. The van der Waals surface area contributed by atoms with Gasteiger partial charge >= 0.3 is 18.5 Å². The lowest BCUT2D eigenvalue weighted by Crippen LogP contribution is -2.31. The van der Waals surface area contributed by atoms with Gasteiger partial charge < -0.3 is 25.1 Å². The Morgan fingerprint density at radius 2 is 1.90 bits per heavy atom. The Hall–Kier alpha value is -3.90. The molecule has 0 spiro atoms. The second kappa shape index (κ2) is 16.4. The molecule has 2 aliphatic heterocycles. The van der Waals surface area contributed by atoms with E-state index in [1.54, 1.807) is 35.2 Å². The number of carbonyl (C=O) groups is 1. The maximum absolute atomic E-state index is 14.3. The second-order valence-electron chi connectivity index (χ2n) is 11.7. The van der Waals surface area contributed by atoms with Gasteiger partial charge in [-0.2, -0.15) is 0 Å². The maximum Gasteiger partial charge on any atom is 0.389 e. The highest BCUT2D eigenvalue weighted by atomic mass is 32.7. The molecule has 4 N–H and O–H groups in total. The van der Waals surface area contributed by atoms with Crippen molar-refractivity contribution in [1.29, 1.82) is 0 Å². The summed E-state index contributed by atoms with van der Waals surface area (Å²) in [5, 5.41) is 10.1. The van der Waals surface area contributed by atoms with Gasteiger partial charge in [0.05, 0.1) is 37.8 Å². The van der Waals surface area contributed by atoms with Crippen molar-refractivity contribution < 1.29 is 37.7 Å². The number of hydrogen-bond acceptors (Lipinski definition) is 15. The minimum Gasteiger partial charge on any atom is -0.462 e. The van der Waals surface area contributed by atoms with Crippen molar-refractivity contribution in [2.75, 3.05) is 31.3 Å². The number of nitrogens with one attached hydrogen (secondary N) is 1. The minimum atomic E-state index is -3.89. The lowest BCUT2D eigenvalue weighted by atomic mass is 10.2. The van der Waals surface area contributed by atoms with E-state index in [0.29, 0.717) is 54.6 Å². The molecule has 2 fully saturated rings. The van der Waals surface area contributed by atoms with Gasteiger partial charge in [0.2, 0.25) is 0 Å². The summed E-state index contributed by atoms with van der Waals surface area (Å²) in [4.78, 5) is 50.9. The zero-order valence-electron chi connectivity index (χ0n) is 26.9. The van der Waals surface area contributed by atoms with Crippen molar-refractivity contribution in [2.45, 2.75) is 69.3 Å². The lowest BCUT2D eigenvalue weighted by molar-refractivity contribution is -0.0452. The van der Waals surface area contributed by atoms with Crippen LogP contribution in [-0.4, -0.2) is 84.0 Å². The molecule has 0 radical (unpaired) electrons. The number of aromatic nitrogens is 6. The Morgan fingerprint density at radius 3 is 2.70 bits per heavy atom. The van der Waals surface area contributed by atoms with Crippen LogP contribution in [0.15, 0.2) is 64.8 Å². The number of rotatable bonds is 16. The number of aliphatic hydroxyl groups excluding tert-OH is 1. The number of nitrogens with two attached hydrogens (primary N) is 1. The van der Waals surface area contributed by atoms with E-state index in [-0.39, 0.29) is 31.4 Å². The molecule has 4 aromatic rings. The minimum absolute atomic E-state index is 0.0415. The SMILES string of the molecule is Nc1ncnc2c1ncn2[C@H]1CC[C@@H](COP(=O)(O[C@@H]2C[C@H](n3ccc(=O)[nH]c3=O)OC2CO)SCCCCCOC(=O)c2ccccc2)O1. The number of carbonyl (C=O) groups excluding carboxylic acids is 1. The molecular weight excluding hydrogens is 693 g/mol. The third-order valence-corrected chi connectivity index (χ3v) is 12.1. The first kappa shape index (κ1) is 35.9. The number of imidazole rings is 1. The van der Waals surface area contributed by atoms with Gasteiger partial charge in [-0.3, -0.25) is 28.0 Å². The zero-order chi connectivity index (χ0) is 35.1. The fourth-order valence-corrected chi connectivity index (χ4v) is 9.35. The standard InChI is InChI=1S/C31H38N7O10PS/c32-28-27-29(34-18-33-28)38(19-35-27)25-10-9-21(46-25)17-45-49(43,50-14-6-2-5-13-44-30(41)20-7-3-1-4-8-20)48-22-15-26(47-23(22)16-39)37-12-11-24(40)36-31(37)42/h1,3-4,7-8,11-12,18-19,21-23,25-26,39H,2,5-6,9-10,13-17H2,(H2,32,33,34)(H,36,40,42)/t21-,22+,23?,25+,26+,49?/m0/s1. The number of nitrogens with zero attached hydrogens (tertiary/aromatic N) is 5. The summed E-state index contributed by atoms with van der Waals surface area (Å²) in [6, 6.07) is 9.93. The van der Waals surface area contributed by atoms with Crippen LogP contribution in [0.2, 0.25) is 0 Å². The van der Waals surface area contributed by atoms with Gasteiger partial charge in [0, 0.05) is 24.4 Å². The van der Waals surface area contributed by atoms with E-state index in [9.17, 15) is 24.1 Å². The number of benzene rings is 1. The van der Waals surface area contributed by atoms with Gasteiger partial charge in [-0.1, -0.05) is 18.2 Å². The summed E-state index contributed by atoms with van der Waals surface area (Å²) < 4.78 is 46.8. The van der Waals surface area contributed by atoms with Crippen molar-refractivity contribution in [3.63, 3.8) is 0 Å². The van der Waals surface area contributed by atoms with Gasteiger partial charge in [-0.25, -0.2) is 29.1 Å². The number of unbranched alkanes of at least 4 members (excludes halogenated alkanes) is 2.